The van der Waals surface area contributed by atoms with Crippen molar-refractivity contribution in [3.05, 3.63) is 35.3 Å². The van der Waals surface area contributed by atoms with Crippen molar-refractivity contribution in [1.29, 1.82) is 0 Å². The van der Waals surface area contributed by atoms with E-state index in [1.54, 1.807) is 6.92 Å². The standard InChI is InChI=1S/C11H12F2N4O/c1-6-3-8(10(12)13)11(14-4-6)17-15-5-9(16-17)7(2)18/h3-5,7,10,18H,1-2H3. The van der Waals surface area contributed by atoms with Gasteiger partial charge in [-0.05, 0) is 25.5 Å². The monoisotopic (exact) mass is 254 g/mol. The van der Waals surface area contributed by atoms with Gasteiger partial charge in [-0.3, -0.25) is 0 Å². The van der Waals surface area contributed by atoms with Crippen molar-refractivity contribution in [3.63, 3.8) is 0 Å². The summed E-state index contributed by atoms with van der Waals surface area (Å²) in [6.07, 6.45) is -0.679. The summed E-state index contributed by atoms with van der Waals surface area (Å²) < 4.78 is 25.8. The van der Waals surface area contributed by atoms with E-state index >= 15 is 0 Å². The summed E-state index contributed by atoms with van der Waals surface area (Å²) in [4.78, 5) is 4.92. The van der Waals surface area contributed by atoms with Crippen LogP contribution in [0.2, 0.25) is 0 Å². The van der Waals surface area contributed by atoms with Crippen molar-refractivity contribution in [3.8, 4) is 5.82 Å². The first-order valence-electron chi connectivity index (χ1n) is 5.34. The Morgan fingerprint density at radius 3 is 2.61 bits per heavy atom. The van der Waals surface area contributed by atoms with Crippen molar-refractivity contribution in [2.75, 3.05) is 0 Å². The minimum Gasteiger partial charge on any atom is -0.387 e. The van der Waals surface area contributed by atoms with Crippen LogP contribution >= 0.6 is 0 Å². The Bertz CT molecular complexity index is 554. The molecule has 2 rings (SSSR count). The Hall–Kier alpha value is -1.89. The Labute approximate surface area is 102 Å². The first-order valence-corrected chi connectivity index (χ1v) is 5.34. The molecule has 1 N–H and O–H groups in total. The average molecular weight is 254 g/mol. The van der Waals surface area contributed by atoms with E-state index in [-0.39, 0.29) is 11.4 Å². The van der Waals surface area contributed by atoms with Gasteiger partial charge in [0.2, 0.25) is 0 Å². The van der Waals surface area contributed by atoms with Gasteiger partial charge >= 0.3 is 0 Å². The van der Waals surface area contributed by atoms with Crippen LogP contribution in [0.25, 0.3) is 5.82 Å². The number of aromatic nitrogens is 4. The Kier molecular flexibility index (Phi) is 3.33. The molecule has 0 aliphatic heterocycles. The molecule has 0 spiro atoms. The molecule has 0 saturated heterocycles. The topological polar surface area (TPSA) is 63.8 Å². The summed E-state index contributed by atoms with van der Waals surface area (Å²) in [6.45, 7) is 3.20. The van der Waals surface area contributed by atoms with Crippen LogP contribution < -0.4 is 0 Å². The summed E-state index contributed by atoms with van der Waals surface area (Å²) in [5, 5.41) is 17.1. The van der Waals surface area contributed by atoms with Gasteiger partial charge in [0.15, 0.2) is 5.82 Å². The molecular weight excluding hydrogens is 242 g/mol. The SMILES string of the molecule is Cc1cnc(-n2ncc(C(C)O)n2)c(C(F)F)c1. The van der Waals surface area contributed by atoms with E-state index in [1.807, 2.05) is 0 Å². The zero-order valence-electron chi connectivity index (χ0n) is 9.88. The molecule has 0 radical (unpaired) electrons. The number of nitrogens with zero attached hydrogens (tertiary/aromatic N) is 4. The summed E-state index contributed by atoms with van der Waals surface area (Å²) in [6, 6.07) is 1.35. The van der Waals surface area contributed by atoms with E-state index in [0.717, 1.165) is 4.80 Å². The molecule has 0 fully saturated rings. The third-order valence-electron chi connectivity index (χ3n) is 2.39. The van der Waals surface area contributed by atoms with Crippen LogP contribution in [0.5, 0.6) is 0 Å². The molecule has 0 bridgehead atoms. The van der Waals surface area contributed by atoms with Crippen LogP contribution in [0.1, 0.15) is 36.3 Å². The zero-order valence-corrected chi connectivity index (χ0v) is 9.88. The van der Waals surface area contributed by atoms with Gasteiger partial charge in [0.05, 0.1) is 17.9 Å². The van der Waals surface area contributed by atoms with Crippen LogP contribution in [-0.2, 0) is 0 Å². The fourth-order valence-corrected chi connectivity index (χ4v) is 1.48. The maximum atomic E-state index is 12.9. The van der Waals surface area contributed by atoms with E-state index < -0.39 is 12.5 Å². The van der Waals surface area contributed by atoms with Gasteiger partial charge < -0.3 is 5.11 Å². The maximum absolute atomic E-state index is 12.9. The number of rotatable bonds is 3. The van der Waals surface area contributed by atoms with Crippen LogP contribution in [0.15, 0.2) is 18.5 Å². The summed E-state index contributed by atoms with van der Waals surface area (Å²) in [5.41, 5.74) is 0.706. The van der Waals surface area contributed by atoms with Crippen molar-refractivity contribution < 1.29 is 13.9 Å². The third-order valence-corrected chi connectivity index (χ3v) is 2.39. The molecule has 0 saturated carbocycles. The minimum atomic E-state index is -2.66. The van der Waals surface area contributed by atoms with Crippen LogP contribution in [-0.4, -0.2) is 25.1 Å². The fourth-order valence-electron chi connectivity index (χ4n) is 1.48. The molecule has 0 aliphatic rings. The lowest BCUT2D eigenvalue weighted by Crippen LogP contribution is -2.07. The van der Waals surface area contributed by atoms with E-state index in [0.29, 0.717) is 11.3 Å². The molecule has 1 atom stereocenters. The number of halogens is 2. The van der Waals surface area contributed by atoms with Crippen LogP contribution in [0.4, 0.5) is 8.78 Å². The quantitative estimate of drug-likeness (QED) is 0.909. The summed E-state index contributed by atoms with van der Waals surface area (Å²) >= 11 is 0. The molecule has 0 aliphatic carbocycles. The van der Waals surface area contributed by atoms with Gasteiger partial charge in [0.1, 0.15) is 5.69 Å². The van der Waals surface area contributed by atoms with Gasteiger partial charge in [0.25, 0.3) is 6.43 Å². The van der Waals surface area contributed by atoms with Gasteiger partial charge in [-0.15, -0.1) is 9.90 Å². The molecule has 0 aromatic carbocycles. The largest absolute Gasteiger partial charge is 0.387 e. The number of aryl methyl sites for hydroxylation is 1. The number of hydrogen-bond donors (Lipinski definition) is 1. The van der Waals surface area contributed by atoms with Crippen molar-refractivity contribution in [1.82, 2.24) is 20.0 Å². The fraction of sp³-hybridized carbons (Fsp3) is 0.364. The van der Waals surface area contributed by atoms with Crippen molar-refractivity contribution in [2.24, 2.45) is 0 Å². The van der Waals surface area contributed by atoms with E-state index in [1.165, 1.54) is 25.4 Å². The van der Waals surface area contributed by atoms with Gasteiger partial charge in [-0.1, -0.05) is 0 Å². The predicted octanol–water partition coefficient (Wildman–Crippen LogP) is 1.96. The van der Waals surface area contributed by atoms with E-state index in [9.17, 15) is 13.9 Å². The normalized spacial score (nSPS) is 13.0. The maximum Gasteiger partial charge on any atom is 0.267 e. The smallest absolute Gasteiger partial charge is 0.267 e. The van der Waals surface area contributed by atoms with E-state index in [2.05, 4.69) is 15.2 Å². The molecule has 5 nitrogen and oxygen atoms in total. The minimum absolute atomic E-state index is 0.0255. The first kappa shape index (κ1) is 12.6. The number of hydrogen-bond acceptors (Lipinski definition) is 4. The number of pyridine rings is 1. The summed E-state index contributed by atoms with van der Waals surface area (Å²) in [5.74, 6) is -0.0255. The highest BCUT2D eigenvalue weighted by molar-refractivity contribution is 5.35. The predicted molar refractivity (Wildman–Crippen MR) is 59.5 cm³/mol. The lowest BCUT2D eigenvalue weighted by Gasteiger charge is -2.07. The molecule has 7 heteroatoms. The highest BCUT2D eigenvalue weighted by atomic mass is 19.3. The highest BCUT2D eigenvalue weighted by Gasteiger charge is 2.18. The van der Waals surface area contributed by atoms with Gasteiger partial charge in [-0.25, -0.2) is 13.8 Å². The van der Waals surface area contributed by atoms with Crippen molar-refractivity contribution in [2.45, 2.75) is 26.4 Å². The van der Waals surface area contributed by atoms with Crippen molar-refractivity contribution >= 4 is 0 Å². The number of aliphatic hydroxyl groups excluding tert-OH is 1. The Morgan fingerprint density at radius 2 is 2.06 bits per heavy atom. The second-order valence-corrected chi connectivity index (χ2v) is 3.96. The molecule has 96 valence electrons. The third kappa shape index (κ3) is 2.35. The van der Waals surface area contributed by atoms with Crippen LogP contribution in [0, 0.1) is 6.92 Å². The summed E-state index contributed by atoms with van der Waals surface area (Å²) in [7, 11) is 0. The van der Waals surface area contributed by atoms with E-state index in [4.69, 9.17) is 0 Å². The highest BCUT2D eigenvalue weighted by Crippen LogP contribution is 2.24. The Morgan fingerprint density at radius 1 is 1.33 bits per heavy atom. The average Bonchev–Trinajstić information content (AvgIpc) is 2.78. The Balaban J connectivity index is 2.49. The molecular formula is C11H12F2N4O. The van der Waals surface area contributed by atoms with Gasteiger partial charge in [-0.2, -0.15) is 5.10 Å². The van der Waals surface area contributed by atoms with Crippen LogP contribution in [0.3, 0.4) is 0 Å². The molecule has 1 unspecified atom stereocenters. The second-order valence-electron chi connectivity index (χ2n) is 3.96. The molecule has 18 heavy (non-hydrogen) atoms. The molecule has 2 heterocycles. The first-order chi connectivity index (χ1) is 8.49. The molecule has 2 aromatic heterocycles. The zero-order chi connectivity index (χ0) is 13.3. The molecule has 2 aromatic rings. The lowest BCUT2D eigenvalue weighted by atomic mass is 10.2. The second kappa shape index (κ2) is 4.77. The molecule has 0 amide bonds. The lowest BCUT2D eigenvalue weighted by molar-refractivity contribution is 0.150. The number of aliphatic hydroxyl groups is 1. The number of alkyl halides is 2. The van der Waals surface area contributed by atoms with Gasteiger partial charge in [0, 0.05) is 6.20 Å².